The highest BCUT2D eigenvalue weighted by Crippen LogP contribution is 2.10. The fourth-order valence-corrected chi connectivity index (χ4v) is 2.39. The van der Waals surface area contributed by atoms with Crippen LogP contribution < -0.4 is 0 Å². The molecule has 0 bridgehead atoms. The van der Waals surface area contributed by atoms with Crippen LogP contribution in [0.4, 0.5) is 0 Å². The maximum absolute atomic E-state index is 9.07. The van der Waals surface area contributed by atoms with Gasteiger partial charge in [-0.3, -0.25) is 4.90 Å². The fourth-order valence-electron chi connectivity index (χ4n) is 2.39. The SMILES string of the molecule is CN1CCN(CC#Cc2ccccc2)C[C@@H]1CCO. The van der Waals surface area contributed by atoms with Crippen molar-refractivity contribution in [1.29, 1.82) is 0 Å². The first kappa shape index (κ1) is 14.1. The summed E-state index contributed by atoms with van der Waals surface area (Å²) in [4.78, 5) is 4.70. The zero-order valence-corrected chi connectivity index (χ0v) is 11.5. The third-order valence-electron chi connectivity index (χ3n) is 3.63. The molecular formula is C16H22N2O. The van der Waals surface area contributed by atoms with E-state index in [-0.39, 0.29) is 6.61 Å². The molecule has 1 atom stereocenters. The molecule has 0 unspecified atom stereocenters. The molecule has 0 aliphatic carbocycles. The average molecular weight is 258 g/mol. The summed E-state index contributed by atoms with van der Waals surface area (Å²) in [6, 6.07) is 10.5. The van der Waals surface area contributed by atoms with Crippen molar-refractivity contribution < 1.29 is 5.11 Å². The molecule has 0 aromatic heterocycles. The number of benzene rings is 1. The van der Waals surface area contributed by atoms with Gasteiger partial charge in [0.2, 0.25) is 0 Å². The van der Waals surface area contributed by atoms with Gasteiger partial charge in [0.25, 0.3) is 0 Å². The molecule has 0 spiro atoms. The maximum Gasteiger partial charge on any atom is 0.0606 e. The van der Waals surface area contributed by atoms with Crippen molar-refractivity contribution in [2.45, 2.75) is 12.5 Å². The second-order valence-corrected chi connectivity index (χ2v) is 5.05. The molecule has 1 aromatic carbocycles. The summed E-state index contributed by atoms with van der Waals surface area (Å²) in [6.45, 7) is 4.18. The molecule has 1 fully saturated rings. The van der Waals surface area contributed by atoms with Crippen molar-refractivity contribution in [3.8, 4) is 11.8 Å². The van der Waals surface area contributed by atoms with Gasteiger partial charge in [0.1, 0.15) is 0 Å². The molecular weight excluding hydrogens is 236 g/mol. The van der Waals surface area contributed by atoms with E-state index in [1.54, 1.807) is 0 Å². The summed E-state index contributed by atoms with van der Waals surface area (Å²) in [5.74, 6) is 6.44. The number of aliphatic hydroxyl groups is 1. The van der Waals surface area contributed by atoms with Crippen LogP contribution in [0, 0.1) is 11.8 Å². The Balaban J connectivity index is 1.85. The standard InChI is InChI=1S/C16H22N2O/c1-17-11-12-18(14-16(17)9-13-19)10-5-8-15-6-3-2-4-7-15/h2-4,6-7,16,19H,9-14H2,1H3/t16-/m0/s1. The van der Waals surface area contributed by atoms with E-state index >= 15 is 0 Å². The number of piperazine rings is 1. The predicted molar refractivity (Wildman–Crippen MR) is 77.9 cm³/mol. The minimum Gasteiger partial charge on any atom is -0.396 e. The lowest BCUT2D eigenvalue weighted by Gasteiger charge is -2.38. The Bertz CT molecular complexity index is 435. The number of likely N-dealkylation sites (N-methyl/N-ethyl adjacent to an activating group) is 1. The summed E-state index contributed by atoms with van der Waals surface area (Å²) in [5.41, 5.74) is 1.07. The molecule has 3 heteroatoms. The third kappa shape index (κ3) is 4.36. The molecule has 0 amide bonds. The van der Waals surface area contributed by atoms with Crippen LogP contribution in [0.1, 0.15) is 12.0 Å². The zero-order chi connectivity index (χ0) is 13.5. The third-order valence-corrected chi connectivity index (χ3v) is 3.63. The van der Waals surface area contributed by atoms with E-state index < -0.39 is 0 Å². The van der Waals surface area contributed by atoms with Gasteiger partial charge in [0.05, 0.1) is 6.54 Å². The zero-order valence-electron chi connectivity index (χ0n) is 11.5. The highest BCUT2D eigenvalue weighted by atomic mass is 16.3. The topological polar surface area (TPSA) is 26.7 Å². The van der Waals surface area contributed by atoms with E-state index in [9.17, 15) is 0 Å². The maximum atomic E-state index is 9.07. The van der Waals surface area contributed by atoms with Gasteiger partial charge in [-0.05, 0) is 25.6 Å². The first-order chi connectivity index (χ1) is 9.29. The van der Waals surface area contributed by atoms with Crippen molar-refractivity contribution in [1.82, 2.24) is 9.80 Å². The lowest BCUT2D eigenvalue weighted by Crippen LogP contribution is -2.51. The van der Waals surface area contributed by atoms with E-state index in [1.165, 1.54) is 0 Å². The number of nitrogens with zero attached hydrogens (tertiary/aromatic N) is 2. The van der Waals surface area contributed by atoms with E-state index in [0.29, 0.717) is 6.04 Å². The van der Waals surface area contributed by atoms with Gasteiger partial charge in [-0.15, -0.1) is 0 Å². The number of aliphatic hydroxyl groups excluding tert-OH is 1. The highest BCUT2D eigenvalue weighted by molar-refractivity contribution is 5.33. The normalized spacial score (nSPS) is 20.8. The molecule has 1 saturated heterocycles. The van der Waals surface area contributed by atoms with Crippen LogP contribution in [-0.4, -0.2) is 60.8 Å². The predicted octanol–water partition coefficient (Wildman–Crippen LogP) is 1.04. The Kier molecular flexibility index (Phi) is 5.41. The molecule has 1 aliphatic heterocycles. The van der Waals surface area contributed by atoms with Gasteiger partial charge in [-0.1, -0.05) is 30.0 Å². The minimum atomic E-state index is 0.262. The molecule has 1 aliphatic rings. The van der Waals surface area contributed by atoms with Gasteiger partial charge in [0.15, 0.2) is 0 Å². The van der Waals surface area contributed by atoms with Crippen LogP contribution in [0.25, 0.3) is 0 Å². The Morgan fingerprint density at radius 1 is 1.26 bits per heavy atom. The second kappa shape index (κ2) is 7.30. The molecule has 0 radical (unpaired) electrons. The van der Waals surface area contributed by atoms with Gasteiger partial charge < -0.3 is 10.0 Å². The molecule has 1 heterocycles. The summed E-state index contributed by atoms with van der Waals surface area (Å²) in [6.07, 6.45) is 0.846. The summed E-state index contributed by atoms with van der Waals surface area (Å²) in [7, 11) is 2.13. The summed E-state index contributed by atoms with van der Waals surface area (Å²) >= 11 is 0. The molecule has 0 saturated carbocycles. The first-order valence-corrected chi connectivity index (χ1v) is 6.87. The van der Waals surface area contributed by atoms with Gasteiger partial charge in [-0.25, -0.2) is 0 Å². The lowest BCUT2D eigenvalue weighted by molar-refractivity contribution is 0.0868. The monoisotopic (exact) mass is 258 g/mol. The van der Waals surface area contributed by atoms with E-state index in [0.717, 1.165) is 38.2 Å². The van der Waals surface area contributed by atoms with Crippen molar-refractivity contribution in [3.05, 3.63) is 35.9 Å². The molecule has 19 heavy (non-hydrogen) atoms. The van der Waals surface area contributed by atoms with Crippen LogP contribution in [0.5, 0.6) is 0 Å². The van der Waals surface area contributed by atoms with Crippen molar-refractivity contribution in [3.63, 3.8) is 0 Å². The molecule has 3 nitrogen and oxygen atoms in total. The second-order valence-electron chi connectivity index (χ2n) is 5.05. The van der Waals surface area contributed by atoms with Crippen LogP contribution >= 0.6 is 0 Å². The number of hydrogen-bond acceptors (Lipinski definition) is 3. The van der Waals surface area contributed by atoms with E-state index in [2.05, 4.69) is 28.7 Å². The van der Waals surface area contributed by atoms with Gasteiger partial charge >= 0.3 is 0 Å². The Morgan fingerprint density at radius 2 is 2.05 bits per heavy atom. The van der Waals surface area contributed by atoms with Crippen LogP contribution in [0.2, 0.25) is 0 Å². The summed E-state index contributed by atoms with van der Waals surface area (Å²) < 4.78 is 0. The van der Waals surface area contributed by atoms with Crippen LogP contribution in [0.15, 0.2) is 30.3 Å². The Morgan fingerprint density at radius 3 is 2.79 bits per heavy atom. The Hall–Kier alpha value is -1.34. The van der Waals surface area contributed by atoms with E-state index in [1.807, 2.05) is 30.3 Å². The highest BCUT2D eigenvalue weighted by Gasteiger charge is 2.22. The molecule has 1 N–H and O–H groups in total. The first-order valence-electron chi connectivity index (χ1n) is 6.87. The summed E-state index contributed by atoms with van der Waals surface area (Å²) in [5, 5.41) is 9.07. The van der Waals surface area contributed by atoms with Gasteiger partial charge in [-0.2, -0.15) is 0 Å². The van der Waals surface area contributed by atoms with Crippen molar-refractivity contribution >= 4 is 0 Å². The fraction of sp³-hybridized carbons (Fsp3) is 0.500. The average Bonchev–Trinajstić information content (AvgIpc) is 2.44. The van der Waals surface area contributed by atoms with Crippen LogP contribution in [0.3, 0.4) is 0 Å². The minimum absolute atomic E-state index is 0.262. The quantitative estimate of drug-likeness (QED) is 0.821. The molecule has 1 aromatic rings. The molecule has 2 rings (SSSR count). The lowest BCUT2D eigenvalue weighted by atomic mass is 10.1. The van der Waals surface area contributed by atoms with Gasteiger partial charge in [0, 0.05) is 37.8 Å². The smallest absolute Gasteiger partial charge is 0.0606 e. The largest absolute Gasteiger partial charge is 0.396 e. The van der Waals surface area contributed by atoms with E-state index in [4.69, 9.17) is 5.11 Å². The Labute approximate surface area is 115 Å². The molecule has 102 valence electrons. The number of rotatable bonds is 3. The number of hydrogen-bond donors (Lipinski definition) is 1. The van der Waals surface area contributed by atoms with Crippen molar-refractivity contribution in [2.75, 3.05) is 39.8 Å². The van der Waals surface area contributed by atoms with Crippen molar-refractivity contribution in [2.24, 2.45) is 0 Å². The van der Waals surface area contributed by atoms with Crippen LogP contribution in [-0.2, 0) is 0 Å².